The number of rotatable bonds is 0. The first kappa shape index (κ1) is 15.7. The molecule has 1 radical (unpaired) electrons. The van der Waals surface area contributed by atoms with E-state index >= 15 is 0 Å². The summed E-state index contributed by atoms with van der Waals surface area (Å²) in [5, 5.41) is 16.5. The Balaban J connectivity index is -0.0000000400. The third kappa shape index (κ3) is 169. The summed E-state index contributed by atoms with van der Waals surface area (Å²) in [5.74, 6) is 0. The largest absolute Gasteiger partial charge is 0.855 e. The van der Waals surface area contributed by atoms with Crippen molar-refractivity contribution in [3.8, 4) is 0 Å². The fourth-order valence-corrected chi connectivity index (χ4v) is 0. The van der Waals surface area contributed by atoms with Crippen LogP contribution in [0.3, 0.4) is 0 Å². The van der Waals surface area contributed by atoms with E-state index in [0.717, 1.165) is 0 Å². The van der Waals surface area contributed by atoms with Gasteiger partial charge in [0.25, 0.3) is 0 Å². The Kier molecular flexibility index (Phi) is 62.5. The molecule has 0 heterocycles. The molecule has 1 N–H and O–H groups in total. The third-order valence-electron chi connectivity index (χ3n) is 0. The van der Waals surface area contributed by atoms with Gasteiger partial charge < -0.3 is 10.2 Å². The second-order valence-electron chi connectivity index (χ2n) is 0.605. The third-order valence-corrected chi connectivity index (χ3v) is 0. The van der Waals surface area contributed by atoms with Crippen molar-refractivity contribution < 1.29 is 42.9 Å². The first-order valence-corrected chi connectivity index (χ1v) is 2.02. The van der Waals surface area contributed by atoms with Crippen molar-refractivity contribution in [3.63, 3.8) is 0 Å². The zero-order chi connectivity index (χ0) is 5.41. The van der Waals surface area contributed by atoms with E-state index in [1.165, 1.54) is 0 Å². The Hall–Kier alpha value is 1.02. The van der Waals surface area contributed by atoms with Gasteiger partial charge in [-0.25, -0.2) is 0 Å². The van der Waals surface area contributed by atoms with Gasteiger partial charge in [0.2, 0.25) is 0 Å². The maximum absolute atomic E-state index is 8.93. The molecule has 0 aliphatic carbocycles. The van der Waals surface area contributed by atoms with Crippen LogP contribution >= 0.6 is 0 Å². The number of hydrogen-bond acceptors (Lipinski definition) is 2. The summed E-state index contributed by atoms with van der Waals surface area (Å²) in [4.78, 5) is 0. The smallest absolute Gasteiger partial charge is 0.0402 e. The van der Waals surface area contributed by atoms with Crippen molar-refractivity contribution in [2.24, 2.45) is 0 Å². The quantitative estimate of drug-likeness (QED) is 0.539. The van der Waals surface area contributed by atoms with E-state index in [0.29, 0.717) is 0 Å². The maximum Gasteiger partial charge on any atom is 0.0402 e. The molecule has 0 aliphatic heterocycles. The van der Waals surface area contributed by atoms with Crippen molar-refractivity contribution >= 4 is 0 Å². The van der Waals surface area contributed by atoms with Crippen LogP contribution in [0.25, 0.3) is 0 Å². The zero-order valence-electron chi connectivity index (χ0n) is 4.85. The molecule has 0 aromatic heterocycles. The molecule has 0 spiro atoms. The summed E-state index contributed by atoms with van der Waals surface area (Å²) < 4.78 is 0. The van der Waals surface area contributed by atoms with Crippen LogP contribution in [0.2, 0.25) is 0 Å². The van der Waals surface area contributed by atoms with Crippen LogP contribution in [0.1, 0.15) is 13.8 Å². The van der Waals surface area contributed by atoms with Crippen LogP contribution in [0.5, 0.6) is 0 Å². The minimum absolute atomic E-state index is 0. The number of hydrogen-bond donors (Lipinski definition) is 1. The van der Waals surface area contributed by atoms with Crippen molar-refractivity contribution in [1.82, 2.24) is 0 Å². The summed E-state index contributed by atoms with van der Waals surface area (Å²) in [5.41, 5.74) is 0. The van der Waals surface area contributed by atoms with Gasteiger partial charge in [-0.2, -0.15) is 0 Å². The molecular formula is C4H11O2Y-. The van der Waals surface area contributed by atoms with Crippen molar-refractivity contribution in [3.05, 3.63) is 0 Å². The summed E-state index contributed by atoms with van der Waals surface area (Å²) >= 11 is 0. The molecule has 0 bridgehead atoms. The Bertz CT molecular complexity index is 11.7. The molecule has 0 saturated carbocycles. The maximum atomic E-state index is 8.93. The minimum Gasteiger partial charge on any atom is -0.855 e. The molecule has 0 atom stereocenters. The molecule has 0 aromatic carbocycles. The summed E-state index contributed by atoms with van der Waals surface area (Å²) in [6, 6.07) is 0. The van der Waals surface area contributed by atoms with Gasteiger partial charge in [0, 0.05) is 39.3 Å². The van der Waals surface area contributed by atoms with E-state index in [1.54, 1.807) is 13.8 Å². The molecule has 0 rings (SSSR count). The summed E-state index contributed by atoms with van der Waals surface area (Å²) in [6.45, 7) is 3.50. The van der Waals surface area contributed by atoms with Gasteiger partial charge in [-0.3, -0.25) is 0 Å². The van der Waals surface area contributed by atoms with Gasteiger partial charge in [0.05, 0.1) is 0 Å². The van der Waals surface area contributed by atoms with Crippen LogP contribution < -0.4 is 5.11 Å². The molecule has 0 aromatic rings. The van der Waals surface area contributed by atoms with Gasteiger partial charge in [0.1, 0.15) is 0 Å². The minimum atomic E-state index is 0. The first-order valence-electron chi connectivity index (χ1n) is 2.02. The molecule has 0 fully saturated rings. The molecule has 7 heavy (non-hydrogen) atoms. The molecule has 0 aliphatic rings. The standard InChI is InChI=1S/C2H6O.C2H5O.Y/c2*1-2-3;/h3H,2H2,1H3;2H2,1H3;/q;-1;. The molecule has 0 unspecified atom stereocenters. The molecule has 3 heteroatoms. The van der Waals surface area contributed by atoms with Gasteiger partial charge >= 0.3 is 0 Å². The number of aliphatic hydroxyl groups excluding tert-OH is 1. The van der Waals surface area contributed by atoms with Crippen molar-refractivity contribution in [2.75, 3.05) is 13.2 Å². The average Bonchev–Trinajstić information content (AvgIpc) is 1.39. The van der Waals surface area contributed by atoms with Crippen molar-refractivity contribution in [1.29, 1.82) is 0 Å². The van der Waals surface area contributed by atoms with Gasteiger partial charge in [-0.15, -0.1) is 6.61 Å². The predicted octanol–water partition coefficient (Wildman–Crippen LogP) is -0.637. The van der Waals surface area contributed by atoms with Crippen LogP contribution in [-0.4, -0.2) is 18.3 Å². The fourth-order valence-electron chi connectivity index (χ4n) is 0. The zero-order valence-corrected chi connectivity index (χ0v) is 7.69. The van der Waals surface area contributed by atoms with Gasteiger partial charge in [0.15, 0.2) is 0 Å². The van der Waals surface area contributed by atoms with Gasteiger partial charge in [-0.05, 0) is 6.92 Å². The molecule has 2 nitrogen and oxygen atoms in total. The van der Waals surface area contributed by atoms with Crippen LogP contribution in [0, 0.1) is 0 Å². The topological polar surface area (TPSA) is 43.3 Å². The van der Waals surface area contributed by atoms with E-state index in [1.807, 2.05) is 0 Å². The SMILES string of the molecule is CCO.CC[O-].[Y]. The molecule has 0 saturated heterocycles. The molecule has 0 amide bonds. The van der Waals surface area contributed by atoms with E-state index in [2.05, 4.69) is 0 Å². The number of aliphatic hydroxyl groups is 1. The second kappa shape index (κ2) is 27.9. The van der Waals surface area contributed by atoms with E-state index < -0.39 is 0 Å². The second-order valence-corrected chi connectivity index (χ2v) is 0.605. The Morgan fingerprint density at radius 3 is 1.43 bits per heavy atom. The van der Waals surface area contributed by atoms with Crippen LogP contribution in [0.4, 0.5) is 0 Å². The Labute approximate surface area is 69.8 Å². The molecule has 43 valence electrons. The summed E-state index contributed by atoms with van der Waals surface area (Å²) in [7, 11) is 0. The first-order chi connectivity index (χ1) is 2.83. The Morgan fingerprint density at radius 1 is 1.43 bits per heavy atom. The van der Waals surface area contributed by atoms with Crippen molar-refractivity contribution in [2.45, 2.75) is 13.8 Å². The van der Waals surface area contributed by atoms with E-state index in [4.69, 9.17) is 10.2 Å². The van der Waals surface area contributed by atoms with E-state index in [-0.39, 0.29) is 45.9 Å². The fraction of sp³-hybridized carbons (Fsp3) is 1.00. The normalized spacial score (nSPS) is 5.14. The van der Waals surface area contributed by atoms with Crippen LogP contribution in [-0.2, 0) is 32.7 Å². The average molecular weight is 180 g/mol. The van der Waals surface area contributed by atoms with Crippen LogP contribution in [0.15, 0.2) is 0 Å². The monoisotopic (exact) mass is 180 g/mol. The molecular weight excluding hydrogens is 169 g/mol. The van der Waals surface area contributed by atoms with E-state index in [9.17, 15) is 0 Å². The van der Waals surface area contributed by atoms with Gasteiger partial charge in [-0.1, -0.05) is 6.92 Å². The predicted molar refractivity (Wildman–Crippen MR) is 23.3 cm³/mol. The Morgan fingerprint density at radius 2 is 1.43 bits per heavy atom. The summed E-state index contributed by atoms with van der Waals surface area (Å²) in [6.07, 6.45) is 0.